The number of nitrogens with one attached hydrogen (secondary N) is 1. The zero-order chi connectivity index (χ0) is 13.7. The fourth-order valence-electron chi connectivity index (χ4n) is 2.28. The lowest BCUT2D eigenvalue weighted by atomic mass is 10.1. The van der Waals surface area contributed by atoms with Crippen molar-refractivity contribution in [2.24, 2.45) is 5.92 Å². The lowest BCUT2D eigenvalue weighted by Crippen LogP contribution is -2.34. The van der Waals surface area contributed by atoms with Crippen LogP contribution in [0.1, 0.15) is 6.42 Å². The predicted molar refractivity (Wildman–Crippen MR) is 85.5 cm³/mol. The molecule has 1 saturated heterocycles. The summed E-state index contributed by atoms with van der Waals surface area (Å²) in [7, 11) is 1.95. The van der Waals surface area contributed by atoms with E-state index < -0.39 is 0 Å². The summed E-state index contributed by atoms with van der Waals surface area (Å²) in [5, 5.41) is 3.16. The van der Waals surface area contributed by atoms with Crippen LogP contribution in [0.2, 0.25) is 0 Å². The monoisotopic (exact) mass is 362 g/mol. The predicted octanol–water partition coefficient (Wildman–Crippen LogP) is 2.32. The van der Waals surface area contributed by atoms with Gasteiger partial charge in [0.15, 0.2) is 6.61 Å². The maximum Gasteiger partial charge on any atom is 0.260 e. The zero-order valence-corrected chi connectivity index (χ0v) is 13.9. The smallest absolute Gasteiger partial charge is 0.260 e. The van der Waals surface area contributed by atoms with Gasteiger partial charge in [0.2, 0.25) is 0 Å². The Balaban J connectivity index is 0.00000200. The van der Waals surface area contributed by atoms with Gasteiger partial charge in [-0.05, 0) is 50.2 Å². The third-order valence-corrected chi connectivity index (χ3v) is 3.84. The lowest BCUT2D eigenvalue weighted by Gasteiger charge is -2.17. The van der Waals surface area contributed by atoms with Gasteiger partial charge in [-0.15, -0.1) is 12.4 Å². The van der Waals surface area contributed by atoms with Crippen LogP contribution in [-0.4, -0.2) is 44.1 Å². The van der Waals surface area contributed by atoms with E-state index in [1.54, 1.807) is 0 Å². The minimum atomic E-state index is 0. The summed E-state index contributed by atoms with van der Waals surface area (Å²) in [4.78, 5) is 13.9. The molecule has 1 N–H and O–H groups in total. The summed E-state index contributed by atoms with van der Waals surface area (Å²) in [6, 6.07) is 7.51. The largest absolute Gasteiger partial charge is 0.484 e. The van der Waals surface area contributed by atoms with Crippen LogP contribution in [0.3, 0.4) is 0 Å². The van der Waals surface area contributed by atoms with Gasteiger partial charge in [0, 0.05) is 17.6 Å². The fraction of sp³-hybridized carbons (Fsp3) is 0.500. The highest BCUT2D eigenvalue weighted by Gasteiger charge is 2.25. The minimum Gasteiger partial charge on any atom is -0.484 e. The van der Waals surface area contributed by atoms with Crippen molar-refractivity contribution in [3.8, 4) is 5.75 Å². The molecule has 0 aromatic heterocycles. The fourth-order valence-corrected chi connectivity index (χ4v) is 2.55. The van der Waals surface area contributed by atoms with E-state index in [1.165, 1.54) is 0 Å². The van der Waals surface area contributed by atoms with Crippen molar-refractivity contribution in [3.63, 3.8) is 0 Å². The molecule has 1 atom stereocenters. The van der Waals surface area contributed by atoms with Crippen LogP contribution in [0, 0.1) is 5.92 Å². The van der Waals surface area contributed by atoms with Crippen LogP contribution in [0.15, 0.2) is 28.7 Å². The van der Waals surface area contributed by atoms with E-state index >= 15 is 0 Å². The van der Waals surface area contributed by atoms with Crippen molar-refractivity contribution in [1.82, 2.24) is 10.2 Å². The first-order chi connectivity index (χ1) is 9.19. The van der Waals surface area contributed by atoms with Crippen molar-refractivity contribution < 1.29 is 9.53 Å². The number of ether oxygens (including phenoxy) is 1. The van der Waals surface area contributed by atoms with Crippen molar-refractivity contribution in [2.75, 3.05) is 33.3 Å². The van der Waals surface area contributed by atoms with Crippen LogP contribution < -0.4 is 10.1 Å². The molecule has 0 aliphatic carbocycles. The third kappa shape index (κ3) is 4.96. The Hall–Kier alpha value is -0.780. The molecule has 112 valence electrons. The van der Waals surface area contributed by atoms with Crippen LogP contribution in [0.4, 0.5) is 0 Å². The highest BCUT2D eigenvalue weighted by molar-refractivity contribution is 9.10. The summed E-state index contributed by atoms with van der Waals surface area (Å²) in [6.07, 6.45) is 1.07. The first-order valence-electron chi connectivity index (χ1n) is 6.50. The van der Waals surface area contributed by atoms with E-state index in [9.17, 15) is 4.79 Å². The van der Waals surface area contributed by atoms with Gasteiger partial charge in [-0.1, -0.05) is 15.9 Å². The Morgan fingerprint density at radius 1 is 1.45 bits per heavy atom. The van der Waals surface area contributed by atoms with Crippen molar-refractivity contribution in [3.05, 3.63) is 28.7 Å². The van der Waals surface area contributed by atoms with Crippen LogP contribution >= 0.6 is 28.3 Å². The first-order valence-corrected chi connectivity index (χ1v) is 7.29. The standard InChI is InChI=1S/C14H19BrN2O2.ClH/c1-16-8-11-6-7-17(9-11)14(18)10-19-13-4-2-12(15)3-5-13;/h2-5,11,16H,6-10H2,1H3;1H. The molecule has 1 unspecified atom stereocenters. The van der Waals surface area contributed by atoms with Gasteiger partial charge in [-0.3, -0.25) is 4.79 Å². The Kier molecular flexibility index (Phi) is 7.34. The molecule has 1 heterocycles. The molecule has 1 aromatic rings. The van der Waals surface area contributed by atoms with E-state index in [1.807, 2.05) is 36.2 Å². The van der Waals surface area contributed by atoms with Gasteiger partial charge in [0.25, 0.3) is 5.91 Å². The lowest BCUT2D eigenvalue weighted by molar-refractivity contribution is -0.132. The van der Waals surface area contributed by atoms with E-state index in [2.05, 4.69) is 21.2 Å². The molecule has 4 nitrogen and oxygen atoms in total. The highest BCUT2D eigenvalue weighted by atomic mass is 79.9. The number of halogens is 2. The minimum absolute atomic E-state index is 0. The van der Waals surface area contributed by atoms with Crippen molar-refractivity contribution >= 4 is 34.2 Å². The Morgan fingerprint density at radius 2 is 2.15 bits per heavy atom. The van der Waals surface area contributed by atoms with Gasteiger partial charge in [0.05, 0.1) is 0 Å². The number of nitrogens with zero attached hydrogens (tertiary/aromatic N) is 1. The van der Waals surface area contributed by atoms with Gasteiger partial charge < -0.3 is 15.0 Å². The van der Waals surface area contributed by atoms with Crippen LogP contribution in [0.25, 0.3) is 0 Å². The molecular formula is C14H20BrClN2O2. The van der Waals surface area contributed by atoms with Crippen LogP contribution in [0.5, 0.6) is 5.75 Å². The van der Waals surface area contributed by atoms with Gasteiger partial charge in [0.1, 0.15) is 5.75 Å². The summed E-state index contributed by atoms with van der Waals surface area (Å²) in [5.41, 5.74) is 0. The summed E-state index contributed by atoms with van der Waals surface area (Å²) in [6.45, 7) is 2.77. The molecule has 1 fully saturated rings. The highest BCUT2D eigenvalue weighted by Crippen LogP contribution is 2.18. The summed E-state index contributed by atoms with van der Waals surface area (Å²) in [5.74, 6) is 1.37. The number of carbonyl (C=O) groups excluding carboxylic acids is 1. The number of amides is 1. The molecular weight excluding hydrogens is 344 g/mol. The maximum absolute atomic E-state index is 12.0. The number of hydrogen-bond acceptors (Lipinski definition) is 3. The molecule has 20 heavy (non-hydrogen) atoms. The Bertz CT molecular complexity index is 428. The molecule has 0 spiro atoms. The molecule has 6 heteroatoms. The second kappa shape index (κ2) is 8.49. The van der Waals surface area contributed by atoms with E-state index in [-0.39, 0.29) is 24.9 Å². The SMILES string of the molecule is CNCC1CCN(C(=O)COc2ccc(Br)cc2)C1.Cl. The maximum atomic E-state index is 12.0. The second-order valence-corrected chi connectivity index (χ2v) is 5.71. The second-order valence-electron chi connectivity index (χ2n) is 4.79. The molecule has 0 saturated carbocycles. The number of benzene rings is 1. The summed E-state index contributed by atoms with van der Waals surface area (Å²) < 4.78 is 6.50. The number of likely N-dealkylation sites (tertiary alicyclic amines) is 1. The van der Waals surface area contributed by atoms with E-state index in [0.717, 1.165) is 36.3 Å². The van der Waals surface area contributed by atoms with E-state index in [0.29, 0.717) is 5.92 Å². The van der Waals surface area contributed by atoms with Crippen molar-refractivity contribution in [2.45, 2.75) is 6.42 Å². The average Bonchev–Trinajstić information content (AvgIpc) is 2.87. The molecule has 1 aliphatic heterocycles. The third-order valence-electron chi connectivity index (χ3n) is 3.31. The first kappa shape index (κ1) is 17.3. The molecule has 1 amide bonds. The topological polar surface area (TPSA) is 41.6 Å². The van der Waals surface area contributed by atoms with E-state index in [4.69, 9.17) is 4.74 Å². The Labute approximate surface area is 134 Å². The molecule has 1 aliphatic rings. The van der Waals surface area contributed by atoms with Gasteiger partial charge in [-0.2, -0.15) is 0 Å². The zero-order valence-electron chi connectivity index (χ0n) is 11.5. The quantitative estimate of drug-likeness (QED) is 0.873. The molecule has 0 radical (unpaired) electrons. The average molecular weight is 364 g/mol. The summed E-state index contributed by atoms with van der Waals surface area (Å²) >= 11 is 3.36. The van der Waals surface area contributed by atoms with Crippen molar-refractivity contribution in [1.29, 1.82) is 0 Å². The number of hydrogen-bond donors (Lipinski definition) is 1. The normalized spacial score (nSPS) is 17.7. The van der Waals surface area contributed by atoms with Gasteiger partial charge in [-0.25, -0.2) is 0 Å². The van der Waals surface area contributed by atoms with Gasteiger partial charge >= 0.3 is 0 Å². The molecule has 1 aromatic carbocycles. The molecule has 0 bridgehead atoms. The number of carbonyl (C=O) groups is 1. The number of rotatable bonds is 5. The van der Waals surface area contributed by atoms with Crippen LogP contribution in [-0.2, 0) is 4.79 Å². The molecule has 2 rings (SSSR count). The Morgan fingerprint density at radius 3 is 2.80 bits per heavy atom.